The van der Waals surface area contributed by atoms with Gasteiger partial charge in [-0.15, -0.1) is 0 Å². The molecule has 26 heavy (non-hydrogen) atoms. The molecule has 0 atom stereocenters. The van der Waals surface area contributed by atoms with Crippen LogP contribution in [0.25, 0.3) is 0 Å². The van der Waals surface area contributed by atoms with E-state index in [9.17, 15) is 28.8 Å². The Morgan fingerprint density at radius 2 is 1.00 bits per heavy atom. The van der Waals surface area contributed by atoms with Gasteiger partial charge in [0.15, 0.2) is 0 Å². The molecular formula is C16H10O10. The number of carboxylic acid groups (broad SMARTS) is 2. The number of hydrogen-bond acceptors (Lipinski definition) is 8. The van der Waals surface area contributed by atoms with Crippen LogP contribution in [-0.2, 0) is 28.7 Å². The van der Waals surface area contributed by atoms with Crippen LogP contribution in [0.3, 0.4) is 0 Å². The fourth-order valence-electron chi connectivity index (χ4n) is 1.48. The van der Waals surface area contributed by atoms with Gasteiger partial charge in [0.25, 0.3) is 0 Å². The van der Waals surface area contributed by atoms with E-state index < -0.39 is 46.9 Å². The number of ether oxygens (including phenoxy) is 2. The number of carbonyl (C=O) groups excluding carboxylic acids is 4. The molecule has 2 N–H and O–H groups in total. The zero-order chi connectivity index (χ0) is 19.7. The van der Waals surface area contributed by atoms with Gasteiger partial charge in [-0.2, -0.15) is 0 Å². The zero-order valence-corrected chi connectivity index (χ0v) is 12.8. The molecule has 0 bridgehead atoms. The lowest BCUT2D eigenvalue weighted by Crippen LogP contribution is -2.18. The van der Waals surface area contributed by atoms with Gasteiger partial charge in [-0.1, -0.05) is 12.1 Å². The summed E-state index contributed by atoms with van der Waals surface area (Å²) in [6.45, 7) is 0. The van der Waals surface area contributed by atoms with Crippen molar-refractivity contribution in [1.29, 1.82) is 0 Å². The molecule has 0 spiro atoms. The molecule has 134 valence electrons. The standard InChI is InChI=1S/C16H10O10/c17-11(18)5-7-13(21)25-15(23)9-3-1-2-4-10(9)16(24)26-14(22)8-6-12(19)20/h1-8H,(H,17,18)(H,19,20)/b7-5-,8-6-. The van der Waals surface area contributed by atoms with Crippen molar-refractivity contribution in [1.82, 2.24) is 0 Å². The molecule has 1 rings (SSSR count). The molecule has 1 aromatic carbocycles. The Morgan fingerprint density at radius 3 is 1.31 bits per heavy atom. The monoisotopic (exact) mass is 362 g/mol. The van der Waals surface area contributed by atoms with Gasteiger partial charge in [-0.25, -0.2) is 28.8 Å². The molecule has 10 nitrogen and oxygen atoms in total. The number of carbonyl (C=O) groups is 6. The highest BCUT2D eigenvalue weighted by Crippen LogP contribution is 2.12. The number of benzene rings is 1. The Morgan fingerprint density at radius 1 is 0.654 bits per heavy atom. The van der Waals surface area contributed by atoms with Gasteiger partial charge in [0.2, 0.25) is 0 Å². The quantitative estimate of drug-likeness (QED) is 0.410. The SMILES string of the molecule is O=C(O)/C=C\C(=O)OC(=O)c1ccccc1C(=O)OC(=O)/C=C\C(=O)O. The Balaban J connectivity index is 2.93. The van der Waals surface area contributed by atoms with Gasteiger partial charge in [0.05, 0.1) is 11.1 Å². The van der Waals surface area contributed by atoms with Gasteiger partial charge < -0.3 is 19.7 Å². The molecule has 1 aromatic rings. The van der Waals surface area contributed by atoms with Crippen molar-refractivity contribution in [3.63, 3.8) is 0 Å². The maximum atomic E-state index is 11.9. The van der Waals surface area contributed by atoms with Crippen molar-refractivity contribution in [2.45, 2.75) is 0 Å². The molecule has 10 heteroatoms. The fraction of sp³-hybridized carbons (Fsp3) is 0. The third-order valence-electron chi connectivity index (χ3n) is 2.48. The predicted molar refractivity (Wildman–Crippen MR) is 80.8 cm³/mol. The van der Waals surface area contributed by atoms with Crippen molar-refractivity contribution in [3.05, 3.63) is 59.7 Å². The van der Waals surface area contributed by atoms with E-state index in [4.69, 9.17) is 10.2 Å². The number of aliphatic carboxylic acids is 2. The Bertz CT molecular complexity index is 762. The third kappa shape index (κ3) is 6.58. The first-order valence-corrected chi connectivity index (χ1v) is 6.64. The molecule has 0 amide bonds. The molecule has 0 unspecified atom stereocenters. The van der Waals surface area contributed by atoms with Gasteiger partial charge in [-0.05, 0) is 12.1 Å². The summed E-state index contributed by atoms with van der Waals surface area (Å²) < 4.78 is 8.70. The van der Waals surface area contributed by atoms with Crippen LogP contribution in [0.2, 0.25) is 0 Å². The normalized spacial score (nSPS) is 10.5. The molecule has 0 radical (unpaired) electrons. The second-order valence-electron chi connectivity index (χ2n) is 4.31. The van der Waals surface area contributed by atoms with Crippen LogP contribution in [0, 0.1) is 0 Å². The summed E-state index contributed by atoms with van der Waals surface area (Å²) in [4.78, 5) is 67.0. The van der Waals surface area contributed by atoms with E-state index in [2.05, 4.69) is 9.47 Å². The first-order chi connectivity index (χ1) is 12.2. The van der Waals surface area contributed by atoms with E-state index in [1.54, 1.807) is 0 Å². The Hall–Kier alpha value is -4.08. The summed E-state index contributed by atoms with van der Waals surface area (Å²) >= 11 is 0. The van der Waals surface area contributed by atoms with Crippen LogP contribution in [0.15, 0.2) is 48.6 Å². The second kappa shape index (κ2) is 9.27. The predicted octanol–water partition coefficient (Wildman–Crippen LogP) is 0.335. The second-order valence-corrected chi connectivity index (χ2v) is 4.31. The smallest absolute Gasteiger partial charge is 0.346 e. The van der Waals surface area contributed by atoms with Crippen molar-refractivity contribution in [2.75, 3.05) is 0 Å². The summed E-state index contributed by atoms with van der Waals surface area (Å²) in [6.07, 6.45) is 1.87. The Labute approximate surface area is 144 Å². The molecule has 0 heterocycles. The van der Waals surface area contributed by atoms with Crippen molar-refractivity contribution < 1.29 is 48.5 Å². The molecule has 0 aliphatic heterocycles. The molecule has 0 aliphatic rings. The van der Waals surface area contributed by atoms with E-state index in [1.807, 2.05) is 0 Å². The lowest BCUT2D eigenvalue weighted by atomic mass is 10.1. The van der Waals surface area contributed by atoms with Crippen LogP contribution >= 0.6 is 0 Å². The summed E-state index contributed by atoms with van der Waals surface area (Å²) in [5.41, 5.74) is -0.853. The summed E-state index contributed by atoms with van der Waals surface area (Å²) in [7, 11) is 0. The van der Waals surface area contributed by atoms with Crippen molar-refractivity contribution in [3.8, 4) is 0 Å². The molecule has 0 saturated heterocycles. The lowest BCUT2D eigenvalue weighted by Gasteiger charge is -2.06. The minimum atomic E-state index is -1.44. The number of carboxylic acids is 2. The average Bonchev–Trinajstić information content (AvgIpc) is 2.58. The van der Waals surface area contributed by atoms with Crippen molar-refractivity contribution in [2.24, 2.45) is 0 Å². The van der Waals surface area contributed by atoms with Gasteiger partial charge in [0, 0.05) is 24.3 Å². The third-order valence-corrected chi connectivity index (χ3v) is 2.48. The van der Waals surface area contributed by atoms with Gasteiger partial charge in [0.1, 0.15) is 0 Å². The minimum absolute atomic E-state index is 0.426. The topological polar surface area (TPSA) is 161 Å². The lowest BCUT2D eigenvalue weighted by molar-refractivity contribution is -0.135. The number of hydrogen-bond donors (Lipinski definition) is 2. The molecule has 0 saturated carbocycles. The highest BCUT2D eigenvalue weighted by molar-refractivity contribution is 6.10. The van der Waals surface area contributed by atoms with Crippen LogP contribution in [0.4, 0.5) is 0 Å². The van der Waals surface area contributed by atoms with Crippen LogP contribution in [-0.4, -0.2) is 46.0 Å². The Kier molecular flexibility index (Phi) is 7.12. The number of esters is 4. The molecule has 0 aliphatic carbocycles. The van der Waals surface area contributed by atoms with E-state index in [1.165, 1.54) is 12.1 Å². The van der Waals surface area contributed by atoms with Crippen molar-refractivity contribution >= 4 is 35.8 Å². The average molecular weight is 362 g/mol. The largest absolute Gasteiger partial charge is 0.478 e. The zero-order valence-electron chi connectivity index (χ0n) is 12.8. The highest BCUT2D eigenvalue weighted by atomic mass is 16.6. The maximum absolute atomic E-state index is 11.9. The summed E-state index contributed by atoms with van der Waals surface area (Å²) in [6, 6.07) is 4.86. The van der Waals surface area contributed by atoms with Crippen LogP contribution in [0.1, 0.15) is 20.7 Å². The van der Waals surface area contributed by atoms with Gasteiger partial charge in [-0.3, -0.25) is 0 Å². The molecular weight excluding hydrogens is 352 g/mol. The van der Waals surface area contributed by atoms with Crippen LogP contribution < -0.4 is 0 Å². The highest BCUT2D eigenvalue weighted by Gasteiger charge is 2.22. The first kappa shape index (κ1) is 20.0. The van der Waals surface area contributed by atoms with Gasteiger partial charge >= 0.3 is 35.8 Å². The minimum Gasteiger partial charge on any atom is -0.478 e. The molecule has 0 aromatic heterocycles. The number of rotatable bonds is 6. The fourth-order valence-corrected chi connectivity index (χ4v) is 1.48. The van der Waals surface area contributed by atoms with E-state index in [0.29, 0.717) is 24.3 Å². The van der Waals surface area contributed by atoms with Crippen LogP contribution in [0.5, 0.6) is 0 Å². The summed E-state index contributed by atoms with van der Waals surface area (Å²) in [5, 5.41) is 16.8. The van der Waals surface area contributed by atoms with E-state index in [0.717, 1.165) is 12.1 Å². The van der Waals surface area contributed by atoms with E-state index in [-0.39, 0.29) is 0 Å². The maximum Gasteiger partial charge on any atom is 0.346 e. The summed E-state index contributed by atoms with van der Waals surface area (Å²) in [5.74, 6) is -8.03. The first-order valence-electron chi connectivity index (χ1n) is 6.64. The van der Waals surface area contributed by atoms with E-state index >= 15 is 0 Å². The molecule has 0 fully saturated rings.